The molecule has 0 atom stereocenters. The van der Waals surface area contributed by atoms with E-state index in [1.165, 1.54) is 23.5 Å². The second-order valence-electron chi connectivity index (χ2n) is 5.86. The lowest BCUT2D eigenvalue weighted by Gasteiger charge is -2.16. The molecule has 2 nitrogen and oxygen atoms in total. The number of aromatic nitrogens is 1. The molecule has 0 aliphatic carbocycles. The van der Waals surface area contributed by atoms with Crippen LogP contribution in [0.25, 0.3) is 0 Å². The molecule has 1 aromatic heterocycles. The molecular formula is C14H25ClN2S. The summed E-state index contributed by atoms with van der Waals surface area (Å²) in [6.07, 6.45) is 3.57. The fourth-order valence-corrected chi connectivity index (χ4v) is 2.98. The van der Waals surface area contributed by atoms with Crippen LogP contribution in [0.4, 0.5) is 0 Å². The third-order valence-corrected chi connectivity index (χ3v) is 4.00. The van der Waals surface area contributed by atoms with Gasteiger partial charge in [0.05, 0.1) is 12.2 Å². The fourth-order valence-electron chi connectivity index (χ4n) is 1.69. The highest BCUT2D eigenvalue weighted by atomic mass is 35.5. The molecule has 0 aliphatic heterocycles. The first-order chi connectivity index (χ1) is 8.43. The average Bonchev–Trinajstić information content (AvgIpc) is 2.72. The lowest BCUT2D eigenvalue weighted by atomic mass is 9.93. The highest BCUT2D eigenvalue weighted by molar-refractivity contribution is 7.09. The Labute approximate surface area is 120 Å². The van der Waals surface area contributed by atoms with Crippen molar-refractivity contribution < 1.29 is 0 Å². The Balaban J connectivity index is 2.35. The molecule has 18 heavy (non-hydrogen) atoms. The van der Waals surface area contributed by atoms with Gasteiger partial charge < -0.3 is 0 Å². The Morgan fingerprint density at radius 1 is 1.28 bits per heavy atom. The van der Waals surface area contributed by atoms with Crippen LogP contribution in [0.3, 0.4) is 0 Å². The Morgan fingerprint density at radius 3 is 2.56 bits per heavy atom. The van der Waals surface area contributed by atoms with E-state index in [-0.39, 0.29) is 5.41 Å². The molecule has 0 aromatic carbocycles. The number of alkyl halides is 1. The smallest absolute Gasteiger partial charge is 0.107 e. The number of hydrogen-bond donors (Lipinski definition) is 0. The van der Waals surface area contributed by atoms with Crippen molar-refractivity contribution >= 4 is 22.9 Å². The summed E-state index contributed by atoms with van der Waals surface area (Å²) in [5.74, 6) is 0.783. The summed E-state index contributed by atoms with van der Waals surface area (Å²) in [4.78, 5) is 7.07. The van der Waals surface area contributed by atoms with Crippen molar-refractivity contribution in [3.05, 3.63) is 16.1 Å². The minimum absolute atomic E-state index is 0.160. The maximum atomic E-state index is 5.67. The molecule has 0 unspecified atom stereocenters. The van der Waals surface area contributed by atoms with Crippen LogP contribution < -0.4 is 0 Å². The molecule has 0 amide bonds. The molecule has 1 aromatic rings. The highest BCUT2D eigenvalue weighted by Gasteiger charge is 2.17. The van der Waals surface area contributed by atoms with Crippen LogP contribution in [0.2, 0.25) is 0 Å². The maximum Gasteiger partial charge on any atom is 0.107 e. The van der Waals surface area contributed by atoms with Crippen molar-refractivity contribution in [2.45, 2.75) is 52.0 Å². The van der Waals surface area contributed by atoms with Crippen LogP contribution in [-0.2, 0) is 12.0 Å². The van der Waals surface area contributed by atoms with Gasteiger partial charge in [-0.3, -0.25) is 4.90 Å². The van der Waals surface area contributed by atoms with Crippen molar-refractivity contribution in [3.8, 4) is 0 Å². The van der Waals surface area contributed by atoms with Gasteiger partial charge in [-0.25, -0.2) is 4.98 Å². The van der Waals surface area contributed by atoms with Gasteiger partial charge in [-0.05, 0) is 26.4 Å². The van der Waals surface area contributed by atoms with E-state index in [2.05, 4.69) is 38.1 Å². The van der Waals surface area contributed by atoms with Crippen molar-refractivity contribution in [2.24, 2.45) is 0 Å². The Kier molecular flexibility index (Phi) is 6.61. The van der Waals surface area contributed by atoms with Gasteiger partial charge in [0.1, 0.15) is 5.01 Å². The molecule has 4 heteroatoms. The molecule has 0 saturated carbocycles. The first kappa shape index (κ1) is 15.9. The molecule has 0 bridgehead atoms. The zero-order valence-corrected chi connectivity index (χ0v) is 13.6. The van der Waals surface area contributed by atoms with Gasteiger partial charge in [0.25, 0.3) is 0 Å². The predicted molar refractivity (Wildman–Crippen MR) is 81.7 cm³/mol. The van der Waals surface area contributed by atoms with Crippen LogP contribution in [-0.4, -0.2) is 29.4 Å². The van der Waals surface area contributed by atoms with E-state index >= 15 is 0 Å². The Bertz CT molecular complexity index is 344. The SMILES string of the molecule is CN(CCCCCCl)Cc1nc(C(C)(C)C)cs1. The van der Waals surface area contributed by atoms with Gasteiger partial charge in [-0.2, -0.15) is 0 Å². The second kappa shape index (κ2) is 7.46. The van der Waals surface area contributed by atoms with E-state index in [1.54, 1.807) is 11.3 Å². The minimum atomic E-state index is 0.160. The van der Waals surface area contributed by atoms with Crippen molar-refractivity contribution in [3.63, 3.8) is 0 Å². The van der Waals surface area contributed by atoms with E-state index in [4.69, 9.17) is 16.6 Å². The summed E-state index contributed by atoms with van der Waals surface area (Å²) in [5.41, 5.74) is 1.37. The fraction of sp³-hybridized carbons (Fsp3) is 0.786. The second-order valence-corrected chi connectivity index (χ2v) is 7.18. The molecule has 1 heterocycles. The number of halogens is 1. The van der Waals surface area contributed by atoms with E-state index < -0.39 is 0 Å². The molecule has 0 aliphatic rings. The van der Waals surface area contributed by atoms with E-state index in [0.29, 0.717) is 0 Å². The third kappa shape index (κ3) is 5.68. The number of nitrogens with zero attached hydrogens (tertiary/aromatic N) is 2. The van der Waals surface area contributed by atoms with Crippen LogP contribution in [0.15, 0.2) is 5.38 Å². The topological polar surface area (TPSA) is 16.1 Å². The lowest BCUT2D eigenvalue weighted by molar-refractivity contribution is 0.317. The van der Waals surface area contributed by atoms with Gasteiger partial charge in [0.15, 0.2) is 0 Å². The number of unbranched alkanes of at least 4 members (excludes halogenated alkanes) is 2. The van der Waals surface area contributed by atoms with Crippen LogP contribution in [0.5, 0.6) is 0 Å². The molecular weight excluding hydrogens is 264 g/mol. The molecule has 104 valence electrons. The zero-order chi connectivity index (χ0) is 13.6. The molecule has 0 radical (unpaired) electrons. The summed E-state index contributed by atoms with van der Waals surface area (Å²) in [6, 6.07) is 0. The van der Waals surface area contributed by atoms with Crippen LogP contribution >= 0.6 is 22.9 Å². The summed E-state index contributed by atoms with van der Waals surface area (Å²) < 4.78 is 0. The normalized spacial score (nSPS) is 12.3. The summed E-state index contributed by atoms with van der Waals surface area (Å²) in [6.45, 7) is 8.72. The number of hydrogen-bond acceptors (Lipinski definition) is 3. The lowest BCUT2D eigenvalue weighted by Crippen LogP contribution is -2.19. The van der Waals surface area contributed by atoms with Gasteiger partial charge in [-0.15, -0.1) is 22.9 Å². The minimum Gasteiger partial charge on any atom is -0.300 e. The average molecular weight is 289 g/mol. The highest BCUT2D eigenvalue weighted by Crippen LogP contribution is 2.24. The van der Waals surface area contributed by atoms with Gasteiger partial charge >= 0.3 is 0 Å². The summed E-state index contributed by atoms with van der Waals surface area (Å²) >= 11 is 7.44. The quantitative estimate of drug-likeness (QED) is 0.550. The van der Waals surface area contributed by atoms with E-state index in [1.807, 2.05) is 0 Å². The molecule has 1 rings (SSSR count). The van der Waals surface area contributed by atoms with Crippen LogP contribution in [0, 0.1) is 0 Å². The molecule has 0 spiro atoms. The van der Waals surface area contributed by atoms with Crippen molar-refractivity contribution in [1.82, 2.24) is 9.88 Å². The Hall–Kier alpha value is -0.120. The van der Waals surface area contributed by atoms with Gasteiger partial charge in [-0.1, -0.05) is 27.2 Å². The number of thiazole rings is 1. The molecule has 0 fully saturated rings. The maximum absolute atomic E-state index is 5.67. The zero-order valence-electron chi connectivity index (χ0n) is 12.0. The monoisotopic (exact) mass is 288 g/mol. The molecule has 0 saturated heterocycles. The van der Waals surface area contributed by atoms with Crippen molar-refractivity contribution in [1.29, 1.82) is 0 Å². The largest absolute Gasteiger partial charge is 0.300 e. The Morgan fingerprint density at radius 2 is 2.00 bits per heavy atom. The standard InChI is InChI=1S/C14H25ClN2S/c1-14(2,3)12-11-18-13(16-12)10-17(4)9-7-5-6-8-15/h11H,5-10H2,1-4H3. The summed E-state index contributed by atoms with van der Waals surface area (Å²) in [5, 5.41) is 3.41. The number of rotatable bonds is 7. The predicted octanol–water partition coefficient (Wildman–Crippen LogP) is 4.28. The van der Waals surface area contributed by atoms with Gasteiger partial charge in [0.2, 0.25) is 0 Å². The third-order valence-electron chi connectivity index (χ3n) is 2.90. The van der Waals surface area contributed by atoms with E-state index in [0.717, 1.165) is 25.4 Å². The van der Waals surface area contributed by atoms with Crippen molar-refractivity contribution in [2.75, 3.05) is 19.5 Å². The molecule has 0 N–H and O–H groups in total. The van der Waals surface area contributed by atoms with Gasteiger partial charge in [0, 0.05) is 16.7 Å². The summed E-state index contributed by atoms with van der Waals surface area (Å²) in [7, 11) is 2.17. The first-order valence-electron chi connectivity index (χ1n) is 6.63. The van der Waals surface area contributed by atoms with E-state index in [9.17, 15) is 0 Å². The van der Waals surface area contributed by atoms with Crippen LogP contribution in [0.1, 0.15) is 50.7 Å². The first-order valence-corrected chi connectivity index (χ1v) is 8.04.